The number of thiophene rings is 1. The van der Waals surface area contributed by atoms with Crippen LogP contribution in [0, 0.1) is 29.5 Å². The molecule has 4 atom stereocenters. The van der Waals surface area contributed by atoms with E-state index in [1.54, 1.807) is 25.3 Å². The molecule has 6 nitrogen and oxygen atoms in total. The third-order valence-electron chi connectivity index (χ3n) is 7.84. The van der Waals surface area contributed by atoms with Gasteiger partial charge in [-0.15, -0.1) is 11.3 Å². The predicted molar refractivity (Wildman–Crippen MR) is 159 cm³/mol. The summed E-state index contributed by atoms with van der Waals surface area (Å²) in [4.78, 5) is 34.2. The van der Waals surface area contributed by atoms with Gasteiger partial charge in [-0.05, 0) is 62.1 Å². The summed E-state index contributed by atoms with van der Waals surface area (Å²) < 4.78 is 21.7. The lowest BCUT2D eigenvalue weighted by Crippen LogP contribution is -2.19. The summed E-state index contributed by atoms with van der Waals surface area (Å²) in [6.07, 6.45) is 13.2. The summed E-state index contributed by atoms with van der Waals surface area (Å²) in [5, 5.41) is 2.77. The van der Waals surface area contributed by atoms with Crippen LogP contribution in [0.25, 0.3) is 10.2 Å². The van der Waals surface area contributed by atoms with E-state index in [0.717, 1.165) is 40.8 Å². The van der Waals surface area contributed by atoms with Gasteiger partial charge >= 0.3 is 0 Å². The summed E-state index contributed by atoms with van der Waals surface area (Å²) in [5.74, 6) is 1.73. The number of amides is 1. The first-order chi connectivity index (χ1) is 19.3. The van der Waals surface area contributed by atoms with Gasteiger partial charge in [0.25, 0.3) is 0 Å². The predicted octanol–water partition coefficient (Wildman–Crippen LogP) is 8.30. The standard InChI is InChI=1S/C32H36FN3O3S/c1-4-19(2)23(13-20(3)37)14-22-7-9-26(35-18-22)30-17-27-32(40-30)29(11-12-34-27)39-28-10-8-24(16-25(28)33)36-31(38)15-21-5-6-21/h7-12,16-19,21-23,26H,4-6,13-15H2,1-3H3,(H,36,38). The molecule has 1 fully saturated rings. The lowest BCUT2D eigenvalue weighted by Gasteiger charge is -2.25. The number of allylic oxidation sites excluding steroid dienone is 1. The SMILES string of the molecule is CCC(C)C(CC(C)=O)CC1C=CC(c2cc3nccc(Oc4ccc(NC(=O)CC5CC5)cc4F)c3s2)N=C1. The van der Waals surface area contributed by atoms with Gasteiger partial charge in [-0.2, -0.15) is 0 Å². The number of hydrogen-bond acceptors (Lipinski definition) is 6. The van der Waals surface area contributed by atoms with E-state index in [0.29, 0.717) is 42.0 Å². The third-order valence-corrected chi connectivity index (χ3v) is 9.05. The van der Waals surface area contributed by atoms with Gasteiger partial charge in [-0.25, -0.2) is 4.39 Å². The molecule has 3 aromatic rings. The highest BCUT2D eigenvalue weighted by atomic mass is 32.1. The fraction of sp³-hybridized carbons (Fsp3) is 0.438. The van der Waals surface area contributed by atoms with Crippen LogP contribution in [-0.2, 0) is 9.59 Å². The number of fused-ring (bicyclic) bond motifs is 1. The molecule has 0 radical (unpaired) electrons. The zero-order chi connectivity index (χ0) is 28.2. The van der Waals surface area contributed by atoms with Gasteiger partial charge in [0.1, 0.15) is 17.6 Å². The zero-order valence-corrected chi connectivity index (χ0v) is 24.0. The topological polar surface area (TPSA) is 80.6 Å². The number of ketones is 1. The summed E-state index contributed by atoms with van der Waals surface area (Å²) in [6, 6.07) is 8.10. The van der Waals surface area contributed by atoms with Crippen LogP contribution in [0.15, 0.2) is 53.7 Å². The fourth-order valence-corrected chi connectivity index (χ4v) is 6.26. The highest BCUT2D eigenvalue weighted by Crippen LogP contribution is 2.40. The Hall–Kier alpha value is -3.39. The normalized spacial score (nSPS) is 19.9. The molecule has 1 aromatic carbocycles. The molecule has 8 heteroatoms. The summed E-state index contributed by atoms with van der Waals surface area (Å²) in [5.41, 5.74) is 1.19. The van der Waals surface area contributed by atoms with E-state index in [1.165, 1.54) is 23.5 Å². The molecular formula is C32H36FN3O3S. The molecule has 1 amide bonds. The first-order valence-electron chi connectivity index (χ1n) is 14.2. The van der Waals surface area contributed by atoms with E-state index in [-0.39, 0.29) is 29.4 Å². The van der Waals surface area contributed by atoms with Gasteiger partial charge < -0.3 is 14.8 Å². The van der Waals surface area contributed by atoms with Gasteiger partial charge in [0, 0.05) is 53.9 Å². The van der Waals surface area contributed by atoms with Crippen molar-refractivity contribution in [1.82, 2.24) is 4.98 Å². The van der Waals surface area contributed by atoms with Gasteiger partial charge in [0.15, 0.2) is 11.6 Å². The molecule has 4 unspecified atom stereocenters. The molecule has 1 saturated carbocycles. The Morgan fingerprint density at radius 2 is 2.00 bits per heavy atom. The van der Waals surface area contributed by atoms with Gasteiger partial charge in [0.2, 0.25) is 5.91 Å². The van der Waals surface area contributed by atoms with Crippen LogP contribution in [-0.4, -0.2) is 22.9 Å². The monoisotopic (exact) mass is 561 g/mol. The van der Waals surface area contributed by atoms with Crippen molar-refractivity contribution < 1.29 is 18.7 Å². The fourth-order valence-electron chi connectivity index (χ4n) is 5.16. The van der Waals surface area contributed by atoms with Gasteiger partial charge in [-0.3, -0.25) is 14.8 Å². The number of nitrogens with zero attached hydrogens (tertiary/aromatic N) is 2. The minimum Gasteiger partial charge on any atom is -0.453 e. The Kier molecular flexibility index (Phi) is 8.74. The molecule has 3 heterocycles. The maximum absolute atomic E-state index is 14.9. The van der Waals surface area contributed by atoms with Crippen molar-refractivity contribution in [3.63, 3.8) is 0 Å². The van der Waals surface area contributed by atoms with E-state index in [2.05, 4.69) is 36.3 Å². The van der Waals surface area contributed by atoms with Crippen LogP contribution in [0.1, 0.15) is 70.2 Å². The van der Waals surface area contributed by atoms with Gasteiger partial charge in [0.05, 0.1) is 10.2 Å². The van der Waals surface area contributed by atoms with Crippen LogP contribution < -0.4 is 10.1 Å². The molecule has 0 saturated heterocycles. The zero-order valence-electron chi connectivity index (χ0n) is 23.2. The average molecular weight is 562 g/mol. The van der Waals surface area contributed by atoms with E-state index < -0.39 is 5.82 Å². The number of carbonyl (C=O) groups is 2. The van der Waals surface area contributed by atoms with Crippen LogP contribution in [0.2, 0.25) is 0 Å². The Bertz CT molecular complexity index is 1430. The molecule has 210 valence electrons. The Morgan fingerprint density at radius 3 is 2.67 bits per heavy atom. The number of rotatable bonds is 12. The van der Waals surface area contributed by atoms with Crippen LogP contribution in [0.4, 0.5) is 10.1 Å². The molecule has 0 spiro atoms. The number of nitrogens with one attached hydrogen (secondary N) is 1. The first-order valence-corrected chi connectivity index (χ1v) is 15.0. The number of dihydropyridines is 1. The van der Waals surface area contributed by atoms with E-state index in [4.69, 9.17) is 9.73 Å². The molecule has 1 N–H and O–H groups in total. The van der Waals surface area contributed by atoms with E-state index in [9.17, 15) is 14.0 Å². The number of hydrogen-bond donors (Lipinski definition) is 1. The number of aliphatic imine (C=N–C) groups is 1. The maximum Gasteiger partial charge on any atom is 0.224 e. The van der Waals surface area contributed by atoms with Crippen molar-refractivity contribution >= 4 is 45.1 Å². The summed E-state index contributed by atoms with van der Waals surface area (Å²) >= 11 is 1.53. The molecule has 40 heavy (non-hydrogen) atoms. The number of Topliss-reactive ketones (excluding diaryl/α,β-unsaturated/α-hetero) is 1. The Labute approximate surface area is 238 Å². The minimum atomic E-state index is -0.544. The molecular weight excluding hydrogens is 525 g/mol. The second-order valence-corrected chi connectivity index (χ2v) is 12.3. The molecule has 2 aromatic heterocycles. The van der Waals surface area contributed by atoms with Crippen LogP contribution in [0.5, 0.6) is 11.5 Å². The maximum atomic E-state index is 14.9. The van der Waals surface area contributed by atoms with Crippen LogP contribution in [0.3, 0.4) is 0 Å². The van der Waals surface area contributed by atoms with Crippen molar-refractivity contribution in [1.29, 1.82) is 0 Å². The number of aromatic nitrogens is 1. The van der Waals surface area contributed by atoms with Crippen molar-refractivity contribution in [3.8, 4) is 11.5 Å². The largest absolute Gasteiger partial charge is 0.453 e. The van der Waals surface area contributed by atoms with E-state index >= 15 is 0 Å². The van der Waals surface area contributed by atoms with E-state index in [1.807, 2.05) is 12.3 Å². The van der Waals surface area contributed by atoms with Crippen molar-refractivity contribution in [3.05, 3.63) is 59.4 Å². The molecule has 0 bridgehead atoms. The number of halogens is 1. The first kappa shape index (κ1) is 28.1. The highest BCUT2D eigenvalue weighted by Gasteiger charge is 2.25. The smallest absolute Gasteiger partial charge is 0.224 e. The minimum absolute atomic E-state index is 0.0856. The summed E-state index contributed by atoms with van der Waals surface area (Å²) in [6.45, 7) is 6.06. The molecule has 5 rings (SSSR count). The molecule has 1 aliphatic carbocycles. The lowest BCUT2D eigenvalue weighted by atomic mass is 9.80. The summed E-state index contributed by atoms with van der Waals surface area (Å²) in [7, 11) is 0. The lowest BCUT2D eigenvalue weighted by molar-refractivity contribution is -0.118. The number of pyridine rings is 1. The van der Waals surface area contributed by atoms with Crippen molar-refractivity contribution in [2.24, 2.45) is 28.7 Å². The van der Waals surface area contributed by atoms with Crippen molar-refractivity contribution in [2.75, 3.05) is 5.32 Å². The second kappa shape index (κ2) is 12.4. The quantitative estimate of drug-likeness (QED) is 0.226. The Balaban J connectivity index is 1.26. The van der Waals surface area contributed by atoms with Crippen molar-refractivity contribution in [2.45, 2.75) is 65.3 Å². The number of anilines is 1. The molecule has 2 aliphatic rings. The number of carbonyl (C=O) groups excluding carboxylic acids is 2. The molecule has 1 aliphatic heterocycles. The third kappa shape index (κ3) is 7.02. The Morgan fingerprint density at radius 1 is 1.18 bits per heavy atom. The second-order valence-electron chi connectivity index (χ2n) is 11.2. The number of ether oxygens (including phenoxy) is 1. The number of benzene rings is 1. The van der Waals surface area contributed by atoms with Crippen LogP contribution >= 0.6 is 11.3 Å². The van der Waals surface area contributed by atoms with Gasteiger partial charge in [-0.1, -0.05) is 32.4 Å². The average Bonchev–Trinajstić information content (AvgIpc) is 3.63. The highest BCUT2D eigenvalue weighted by molar-refractivity contribution is 7.19.